The largest absolute Gasteiger partial charge is 0.381 e. The van der Waals surface area contributed by atoms with Gasteiger partial charge in [-0.1, -0.05) is 6.92 Å². The molecule has 0 saturated carbocycles. The molecule has 0 aliphatic carbocycles. The Kier molecular flexibility index (Phi) is 4.88. The lowest BCUT2D eigenvalue weighted by Gasteiger charge is -2.37. The van der Waals surface area contributed by atoms with Gasteiger partial charge in [0, 0.05) is 37.5 Å². The molecule has 6 nitrogen and oxygen atoms in total. The molecule has 7 heteroatoms. The molecule has 3 aliphatic rings. The number of halogens is 1. The minimum atomic E-state index is -0.609. The Hall–Kier alpha value is -2.02. The molecule has 0 radical (unpaired) electrons. The van der Waals surface area contributed by atoms with Crippen molar-refractivity contribution in [3.8, 4) is 0 Å². The third-order valence-electron chi connectivity index (χ3n) is 6.62. The average molecular weight is 375 g/mol. The van der Waals surface area contributed by atoms with Crippen LogP contribution in [-0.4, -0.2) is 53.0 Å². The molecule has 0 aromatic carbocycles. The summed E-state index contributed by atoms with van der Waals surface area (Å²) in [6.07, 6.45) is 7.13. The van der Waals surface area contributed by atoms with Gasteiger partial charge in [-0.15, -0.1) is 0 Å². The summed E-state index contributed by atoms with van der Waals surface area (Å²) in [4.78, 5) is 31.8. The van der Waals surface area contributed by atoms with E-state index in [-0.39, 0.29) is 35.5 Å². The number of nitrogens with one attached hydrogen (secondary N) is 1. The molecule has 146 valence electrons. The number of rotatable bonds is 4. The first-order valence-corrected chi connectivity index (χ1v) is 9.87. The zero-order chi connectivity index (χ0) is 19.0. The molecule has 4 heterocycles. The van der Waals surface area contributed by atoms with E-state index in [4.69, 9.17) is 4.74 Å². The van der Waals surface area contributed by atoms with Crippen LogP contribution in [0.15, 0.2) is 18.5 Å². The first-order chi connectivity index (χ1) is 13.1. The van der Waals surface area contributed by atoms with Crippen molar-refractivity contribution in [2.75, 3.05) is 13.2 Å². The summed E-state index contributed by atoms with van der Waals surface area (Å²) < 4.78 is 19.5. The molecule has 4 rings (SSSR count). The van der Waals surface area contributed by atoms with Crippen LogP contribution in [0.25, 0.3) is 0 Å². The van der Waals surface area contributed by atoms with Gasteiger partial charge in [0.15, 0.2) is 5.82 Å². The van der Waals surface area contributed by atoms with Crippen molar-refractivity contribution in [2.45, 2.75) is 63.6 Å². The van der Waals surface area contributed by atoms with Crippen molar-refractivity contribution in [3.05, 3.63) is 29.8 Å². The molecule has 3 aliphatic heterocycles. The zero-order valence-electron chi connectivity index (χ0n) is 15.6. The van der Waals surface area contributed by atoms with Gasteiger partial charge in [-0.3, -0.25) is 14.6 Å². The third-order valence-corrected chi connectivity index (χ3v) is 6.62. The topological polar surface area (TPSA) is 71.5 Å². The Morgan fingerprint density at radius 3 is 2.81 bits per heavy atom. The molecule has 0 unspecified atom stereocenters. The normalized spacial score (nSPS) is 30.5. The summed E-state index contributed by atoms with van der Waals surface area (Å²) in [5.41, 5.74) is -0.543. The van der Waals surface area contributed by atoms with Gasteiger partial charge in [-0.25, -0.2) is 4.39 Å². The van der Waals surface area contributed by atoms with E-state index in [1.807, 2.05) is 6.92 Å². The second-order valence-electron chi connectivity index (χ2n) is 7.89. The zero-order valence-corrected chi connectivity index (χ0v) is 15.6. The van der Waals surface area contributed by atoms with Crippen LogP contribution in [0.5, 0.6) is 0 Å². The van der Waals surface area contributed by atoms with Crippen LogP contribution in [0, 0.1) is 11.2 Å². The highest BCUT2D eigenvalue weighted by Crippen LogP contribution is 2.52. The Morgan fingerprint density at radius 2 is 2.11 bits per heavy atom. The van der Waals surface area contributed by atoms with Crippen molar-refractivity contribution in [3.63, 3.8) is 0 Å². The van der Waals surface area contributed by atoms with Crippen molar-refractivity contribution < 1.29 is 18.7 Å². The maximum Gasteiger partial charge on any atom is 0.257 e. The third kappa shape index (κ3) is 3.02. The minimum Gasteiger partial charge on any atom is -0.381 e. The number of fused-ring (bicyclic) bond motifs is 2. The van der Waals surface area contributed by atoms with Crippen LogP contribution >= 0.6 is 0 Å². The summed E-state index contributed by atoms with van der Waals surface area (Å²) in [6.45, 7) is 3.35. The highest BCUT2D eigenvalue weighted by Gasteiger charge is 2.60. The fourth-order valence-electron chi connectivity index (χ4n) is 5.13. The maximum atomic E-state index is 14.1. The lowest BCUT2D eigenvalue weighted by Crippen LogP contribution is -2.52. The molecule has 3 fully saturated rings. The Morgan fingerprint density at radius 1 is 1.33 bits per heavy atom. The average Bonchev–Trinajstić information content (AvgIpc) is 3.25. The van der Waals surface area contributed by atoms with E-state index < -0.39 is 11.2 Å². The highest BCUT2D eigenvalue weighted by molar-refractivity contribution is 5.96. The molecule has 1 aromatic rings. The summed E-state index contributed by atoms with van der Waals surface area (Å²) in [6, 6.07) is 1.38. The predicted octanol–water partition coefficient (Wildman–Crippen LogP) is 2.29. The summed E-state index contributed by atoms with van der Waals surface area (Å²) >= 11 is 0. The van der Waals surface area contributed by atoms with Crippen LogP contribution in [0.2, 0.25) is 0 Å². The predicted molar refractivity (Wildman–Crippen MR) is 96.5 cm³/mol. The lowest BCUT2D eigenvalue weighted by atomic mass is 9.71. The fourth-order valence-corrected chi connectivity index (χ4v) is 5.13. The number of carbonyl (C=O) groups is 2. The van der Waals surface area contributed by atoms with Crippen LogP contribution in [0.4, 0.5) is 4.39 Å². The van der Waals surface area contributed by atoms with Gasteiger partial charge in [0.05, 0.1) is 17.2 Å². The molecule has 3 atom stereocenters. The number of nitrogens with zero attached hydrogens (tertiary/aromatic N) is 2. The van der Waals surface area contributed by atoms with Gasteiger partial charge in [0.25, 0.3) is 5.91 Å². The number of ether oxygens (including phenoxy) is 1. The van der Waals surface area contributed by atoms with E-state index in [0.717, 1.165) is 31.9 Å². The van der Waals surface area contributed by atoms with Gasteiger partial charge >= 0.3 is 0 Å². The van der Waals surface area contributed by atoms with Crippen molar-refractivity contribution in [1.82, 2.24) is 15.2 Å². The monoisotopic (exact) mass is 375 g/mol. The van der Waals surface area contributed by atoms with E-state index in [2.05, 4.69) is 10.3 Å². The van der Waals surface area contributed by atoms with Gasteiger partial charge in [-0.05, 0) is 44.6 Å². The van der Waals surface area contributed by atoms with E-state index in [0.29, 0.717) is 26.1 Å². The van der Waals surface area contributed by atoms with Gasteiger partial charge in [-0.2, -0.15) is 0 Å². The fraction of sp³-hybridized carbons (Fsp3) is 0.650. The second-order valence-corrected chi connectivity index (χ2v) is 7.89. The number of carbonyl (C=O) groups excluding carboxylic acids is 2. The number of amides is 2. The molecule has 2 amide bonds. The van der Waals surface area contributed by atoms with Gasteiger partial charge in [0.1, 0.15) is 0 Å². The molecule has 1 N–H and O–H groups in total. The number of pyridine rings is 1. The van der Waals surface area contributed by atoms with Crippen molar-refractivity contribution in [2.24, 2.45) is 5.41 Å². The SMILES string of the molecule is CC[C@]1(C(=O)NC2CCOCC2)C[C@H]2CC[C@@H]1N2C(=O)c1ccncc1F. The lowest BCUT2D eigenvalue weighted by molar-refractivity contribution is -0.134. The first kappa shape index (κ1) is 18.3. The number of hydrogen-bond donors (Lipinski definition) is 1. The second kappa shape index (κ2) is 7.19. The van der Waals surface area contributed by atoms with Gasteiger partial charge < -0.3 is 15.0 Å². The molecule has 1 aromatic heterocycles. The van der Waals surface area contributed by atoms with Crippen molar-refractivity contribution >= 4 is 11.8 Å². The van der Waals surface area contributed by atoms with E-state index in [9.17, 15) is 14.0 Å². The number of aromatic nitrogens is 1. The van der Waals surface area contributed by atoms with E-state index >= 15 is 0 Å². The van der Waals surface area contributed by atoms with Crippen molar-refractivity contribution in [1.29, 1.82) is 0 Å². The summed E-state index contributed by atoms with van der Waals surface area (Å²) in [5, 5.41) is 3.21. The van der Waals surface area contributed by atoms with E-state index in [1.54, 1.807) is 4.90 Å². The van der Waals surface area contributed by atoms with Gasteiger partial charge in [0.2, 0.25) is 5.91 Å². The smallest absolute Gasteiger partial charge is 0.257 e. The van der Waals surface area contributed by atoms with Crippen LogP contribution in [0.3, 0.4) is 0 Å². The van der Waals surface area contributed by atoms with Crippen LogP contribution in [-0.2, 0) is 9.53 Å². The Balaban J connectivity index is 1.56. The summed E-state index contributed by atoms with van der Waals surface area (Å²) in [7, 11) is 0. The maximum absolute atomic E-state index is 14.1. The summed E-state index contributed by atoms with van der Waals surface area (Å²) in [5.74, 6) is -0.892. The molecular formula is C20H26FN3O3. The molecular weight excluding hydrogens is 349 g/mol. The molecule has 0 spiro atoms. The highest BCUT2D eigenvalue weighted by atomic mass is 19.1. The Labute approximate surface area is 158 Å². The molecule has 27 heavy (non-hydrogen) atoms. The molecule has 3 saturated heterocycles. The Bertz CT molecular complexity index is 737. The first-order valence-electron chi connectivity index (χ1n) is 9.87. The standard InChI is InChI=1S/C20H26FN3O3/c1-2-20(19(26)23-13-6-9-27-10-7-13)11-14-3-4-17(20)24(14)18(25)15-5-8-22-12-16(15)21/h5,8,12-14,17H,2-4,6-7,9-11H2,1H3,(H,23,26)/t14-,17+,20+/m1/s1. The van der Waals surface area contributed by atoms with Crippen LogP contribution in [0.1, 0.15) is 55.8 Å². The number of hydrogen-bond acceptors (Lipinski definition) is 4. The minimum absolute atomic E-state index is 0.00421. The van der Waals surface area contributed by atoms with E-state index in [1.165, 1.54) is 12.3 Å². The quantitative estimate of drug-likeness (QED) is 0.877. The van der Waals surface area contributed by atoms with Crippen LogP contribution < -0.4 is 5.32 Å². The molecule has 2 bridgehead atoms.